The van der Waals surface area contributed by atoms with E-state index < -0.39 is 12.4 Å². The Hall–Kier alpha value is -3.90. The van der Waals surface area contributed by atoms with Crippen LogP contribution in [0.2, 0.25) is 0 Å². The Labute approximate surface area is 283 Å². The van der Waals surface area contributed by atoms with Gasteiger partial charge in [-0.15, -0.1) is 11.3 Å². The highest BCUT2D eigenvalue weighted by Crippen LogP contribution is 2.41. The SMILES string of the molecule is Cn1cc(-c2cc(F)cc(N3CCc4c(sc5c4CCCC5)C3=O)c2CO)cc(Nc2ccc(C3CCN(C4COC4)CC3)cn2)c1=O. The molecule has 6 heterocycles. The molecule has 8 rings (SSSR count). The number of piperidine rings is 1. The highest BCUT2D eigenvalue weighted by atomic mass is 32.1. The van der Waals surface area contributed by atoms with Crippen LogP contribution in [-0.4, -0.2) is 64.4 Å². The molecular weight excluding hydrogens is 630 g/mol. The van der Waals surface area contributed by atoms with E-state index in [0.717, 1.165) is 75.3 Å². The molecule has 0 atom stereocenters. The predicted octanol–water partition coefficient (Wildman–Crippen LogP) is 5.54. The molecular formula is C37H40FN5O4S. The van der Waals surface area contributed by atoms with Gasteiger partial charge in [-0.3, -0.25) is 14.5 Å². The third-order valence-corrected chi connectivity index (χ3v) is 11.9. The molecule has 0 spiro atoms. The maximum atomic E-state index is 15.4. The van der Waals surface area contributed by atoms with Crippen molar-refractivity contribution in [1.82, 2.24) is 14.5 Å². The molecule has 0 saturated carbocycles. The Bertz CT molecular complexity index is 1930. The summed E-state index contributed by atoms with van der Waals surface area (Å²) < 4.78 is 22.2. The summed E-state index contributed by atoms with van der Waals surface area (Å²) in [6.45, 7) is 3.81. The molecule has 4 aliphatic rings. The van der Waals surface area contributed by atoms with Crippen LogP contribution >= 0.6 is 11.3 Å². The zero-order chi connectivity index (χ0) is 32.9. The molecule has 11 heteroatoms. The number of carbonyl (C=O) groups is 1. The molecule has 2 saturated heterocycles. The molecule has 48 heavy (non-hydrogen) atoms. The maximum Gasteiger partial charge on any atom is 0.274 e. The van der Waals surface area contributed by atoms with E-state index in [1.807, 2.05) is 12.3 Å². The first-order chi connectivity index (χ1) is 23.4. The molecule has 0 unspecified atom stereocenters. The van der Waals surface area contributed by atoms with Gasteiger partial charge in [-0.25, -0.2) is 9.37 Å². The lowest BCUT2D eigenvalue weighted by Crippen LogP contribution is -2.51. The number of carbonyl (C=O) groups excluding carboxylic acids is 1. The number of hydrogen-bond acceptors (Lipinski definition) is 8. The van der Waals surface area contributed by atoms with Crippen molar-refractivity contribution >= 4 is 34.4 Å². The lowest BCUT2D eigenvalue weighted by Gasteiger charge is -2.41. The van der Waals surface area contributed by atoms with E-state index in [2.05, 4.69) is 21.3 Å². The van der Waals surface area contributed by atoms with Gasteiger partial charge in [0.1, 0.15) is 17.3 Å². The number of fused-ring (bicyclic) bond motifs is 3. The van der Waals surface area contributed by atoms with E-state index in [4.69, 9.17) is 4.74 Å². The van der Waals surface area contributed by atoms with Crippen LogP contribution in [0.3, 0.4) is 0 Å². The standard InChI is InChI=1S/C37H40FN5O4S/c1-41-18-24(14-31(36(41)45)40-34-7-6-23(17-39-34)22-8-11-42(12-9-22)26-20-47-21-26)29-15-25(38)16-32(30(29)19-44)43-13-10-28-27-4-2-3-5-33(27)48-35(28)37(43)46/h6-7,14-18,22,26,44H,2-5,8-13,19-21H2,1H3,(H,39,40). The van der Waals surface area contributed by atoms with Crippen molar-refractivity contribution in [3.63, 3.8) is 0 Å². The fraction of sp³-hybridized carbons (Fsp3) is 0.432. The maximum absolute atomic E-state index is 15.4. The summed E-state index contributed by atoms with van der Waals surface area (Å²) in [6.07, 6.45) is 10.7. The van der Waals surface area contributed by atoms with Crippen molar-refractivity contribution in [3.05, 3.63) is 90.9 Å². The number of halogens is 1. The van der Waals surface area contributed by atoms with E-state index in [-0.39, 0.29) is 17.2 Å². The van der Waals surface area contributed by atoms with E-state index in [1.165, 1.54) is 32.7 Å². The van der Waals surface area contributed by atoms with Gasteiger partial charge in [0.15, 0.2) is 0 Å². The summed E-state index contributed by atoms with van der Waals surface area (Å²) in [5.74, 6) is 0.321. The van der Waals surface area contributed by atoms with Crippen LogP contribution in [0.25, 0.3) is 11.1 Å². The van der Waals surface area contributed by atoms with Gasteiger partial charge < -0.3 is 24.6 Å². The summed E-state index contributed by atoms with van der Waals surface area (Å²) in [7, 11) is 1.64. The number of aryl methyl sites for hydroxylation is 2. The summed E-state index contributed by atoms with van der Waals surface area (Å²) >= 11 is 1.58. The molecule has 0 bridgehead atoms. The fourth-order valence-electron chi connectivity index (χ4n) is 7.87. The van der Waals surface area contributed by atoms with Gasteiger partial charge in [0.05, 0.1) is 36.4 Å². The number of ether oxygens (including phenoxy) is 1. The number of nitrogens with zero attached hydrogens (tertiary/aromatic N) is 4. The highest BCUT2D eigenvalue weighted by molar-refractivity contribution is 7.14. The molecule has 3 aliphatic heterocycles. The second-order valence-electron chi connectivity index (χ2n) is 13.5. The van der Waals surface area contributed by atoms with Gasteiger partial charge in [0, 0.05) is 42.0 Å². The van der Waals surface area contributed by atoms with Crippen molar-refractivity contribution in [1.29, 1.82) is 0 Å². The van der Waals surface area contributed by atoms with E-state index in [9.17, 15) is 14.7 Å². The number of nitrogens with one attached hydrogen (secondary N) is 1. The second-order valence-corrected chi connectivity index (χ2v) is 14.6. The van der Waals surface area contributed by atoms with Crippen molar-refractivity contribution in [2.75, 3.05) is 43.1 Å². The molecule has 2 fully saturated rings. The lowest BCUT2D eigenvalue weighted by molar-refractivity contribution is -0.0712. The number of hydrogen-bond donors (Lipinski definition) is 2. The Morgan fingerprint density at radius 1 is 1.04 bits per heavy atom. The van der Waals surface area contributed by atoms with Crippen molar-refractivity contribution in [2.45, 2.75) is 63.5 Å². The van der Waals surface area contributed by atoms with Gasteiger partial charge in [-0.05, 0) is 110 Å². The smallest absolute Gasteiger partial charge is 0.274 e. The first-order valence-electron chi connectivity index (χ1n) is 17.0. The molecule has 0 radical (unpaired) electrons. The largest absolute Gasteiger partial charge is 0.392 e. The second kappa shape index (κ2) is 12.9. The van der Waals surface area contributed by atoms with Crippen LogP contribution in [0, 0.1) is 5.82 Å². The van der Waals surface area contributed by atoms with Crippen LogP contribution in [0.1, 0.15) is 68.4 Å². The molecule has 250 valence electrons. The number of aliphatic hydroxyl groups is 1. The van der Waals surface area contributed by atoms with Crippen LogP contribution < -0.4 is 15.8 Å². The van der Waals surface area contributed by atoms with Crippen molar-refractivity contribution in [3.8, 4) is 11.1 Å². The van der Waals surface area contributed by atoms with E-state index >= 15 is 4.39 Å². The topological polar surface area (TPSA) is 99.9 Å². The Morgan fingerprint density at radius 2 is 1.85 bits per heavy atom. The van der Waals surface area contributed by atoms with Crippen LogP contribution in [-0.2, 0) is 37.7 Å². The van der Waals surface area contributed by atoms with Crippen molar-refractivity contribution < 1.29 is 19.0 Å². The van der Waals surface area contributed by atoms with Crippen molar-refractivity contribution in [2.24, 2.45) is 7.05 Å². The van der Waals surface area contributed by atoms with Gasteiger partial charge in [-0.1, -0.05) is 6.07 Å². The molecule has 4 aromatic rings. The van der Waals surface area contributed by atoms with Gasteiger partial charge in [0.2, 0.25) is 0 Å². The fourth-order valence-corrected chi connectivity index (χ4v) is 9.26. The van der Waals surface area contributed by atoms with Gasteiger partial charge >= 0.3 is 0 Å². The Morgan fingerprint density at radius 3 is 2.58 bits per heavy atom. The molecule has 1 aliphatic carbocycles. The number of benzene rings is 1. The number of amides is 1. The number of aromatic nitrogens is 2. The first kappa shape index (κ1) is 31.4. The summed E-state index contributed by atoms with van der Waals surface area (Å²) in [5, 5.41) is 13.8. The average Bonchev–Trinajstić information content (AvgIpc) is 3.46. The number of pyridine rings is 2. The van der Waals surface area contributed by atoms with Gasteiger partial charge in [-0.2, -0.15) is 0 Å². The Kier molecular flexibility index (Phi) is 8.40. The number of likely N-dealkylation sites (tertiary alicyclic amines) is 1. The molecule has 1 amide bonds. The third-order valence-electron chi connectivity index (χ3n) is 10.6. The minimum Gasteiger partial charge on any atom is -0.392 e. The molecule has 1 aromatic carbocycles. The third kappa shape index (κ3) is 5.66. The van der Waals surface area contributed by atoms with Crippen LogP contribution in [0.5, 0.6) is 0 Å². The monoisotopic (exact) mass is 669 g/mol. The molecule has 9 nitrogen and oxygen atoms in total. The highest BCUT2D eigenvalue weighted by Gasteiger charge is 2.34. The Balaban J connectivity index is 1.06. The quantitative estimate of drug-likeness (QED) is 0.267. The lowest BCUT2D eigenvalue weighted by atomic mass is 9.89. The summed E-state index contributed by atoms with van der Waals surface area (Å²) in [6, 6.07) is 8.89. The van der Waals surface area contributed by atoms with E-state index in [1.54, 1.807) is 35.5 Å². The summed E-state index contributed by atoms with van der Waals surface area (Å²) in [4.78, 5) is 37.9. The minimum atomic E-state index is -0.520. The average molecular weight is 670 g/mol. The summed E-state index contributed by atoms with van der Waals surface area (Å²) in [5.41, 5.74) is 5.47. The number of thiophene rings is 1. The zero-order valence-electron chi connectivity index (χ0n) is 27.1. The minimum absolute atomic E-state index is 0.141. The van der Waals surface area contributed by atoms with Gasteiger partial charge in [0.25, 0.3) is 11.5 Å². The van der Waals surface area contributed by atoms with E-state index in [0.29, 0.717) is 53.1 Å². The first-order valence-corrected chi connectivity index (χ1v) is 17.8. The van der Waals surface area contributed by atoms with Crippen LogP contribution in [0.4, 0.5) is 21.6 Å². The number of rotatable bonds is 7. The molecule has 2 N–H and O–H groups in total. The number of anilines is 3. The molecule has 3 aromatic heterocycles. The van der Waals surface area contributed by atoms with Crippen LogP contribution in [0.15, 0.2) is 47.5 Å². The normalized spacial score (nSPS) is 18.8. The number of aliphatic hydroxyl groups excluding tert-OH is 1. The predicted molar refractivity (Wildman–Crippen MR) is 185 cm³/mol. The zero-order valence-corrected chi connectivity index (χ0v) is 28.0.